The summed E-state index contributed by atoms with van der Waals surface area (Å²) in [6, 6.07) is 1.52. The lowest BCUT2D eigenvalue weighted by Crippen LogP contribution is -2.51. The molecule has 6 nitrogen and oxygen atoms in total. The van der Waals surface area contributed by atoms with Gasteiger partial charge in [0.15, 0.2) is 0 Å². The maximum Gasteiger partial charge on any atom is 0.417 e. The van der Waals surface area contributed by atoms with Crippen LogP contribution in [0.1, 0.15) is 12.5 Å². The number of aliphatic hydroxyl groups is 1. The Kier molecular flexibility index (Phi) is 5.66. The van der Waals surface area contributed by atoms with Crippen molar-refractivity contribution in [2.24, 2.45) is 0 Å². The van der Waals surface area contributed by atoms with Crippen molar-refractivity contribution in [3.05, 3.63) is 34.2 Å². The van der Waals surface area contributed by atoms with E-state index in [1.807, 2.05) is 4.90 Å². The van der Waals surface area contributed by atoms with Crippen LogP contribution in [0.3, 0.4) is 0 Å². The average molecular weight is 347 g/mol. The zero-order valence-corrected chi connectivity index (χ0v) is 13.3. The van der Waals surface area contributed by atoms with E-state index < -0.39 is 35.9 Å². The molecular weight excluding hydrogens is 327 g/mol. The Morgan fingerprint density at radius 3 is 2.42 bits per heavy atom. The third kappa shape index (κ3) is 4.81. The molecule has 2 rings (SSSR count). The zero-order valence-electron chi connectivity index (χ0n) is 13.3. The van der Waals surface area contributed by atoms with Gasteiger partial charge >= 0.3 is 6.18 Å². The second-order valence-corrected chi connectivity index (χ2v) is 5.91. The van der Waals surface area contributed by atoms with Crippen molar-refractivity contribution >= 4 is 5.91 Å². The van der Waals surface area contributed by atoms with Gasteiger partial charge < -0.3 is 14.6 Å². The van der Waals surface area contributed by atoms with Crippen LogP contribution in [0.2, 0.25) is 0 Å². The largest absolute Gasteiger partial charge is 0.417 e. The van der Waals surface area contributed by atoms with E-state index in [1.54, 1.807) is 6.92 Å². The number of hydrogen-bond donors (Lipinski definition) is 1. The van der Waals surface area contributed by atoms with Crippen molar-refractivity contribution in [2.45, 2.75) is 25.7 Å². The second-order valence-electron chi connectivity index (χ2n) is 5.91. The summed E-state index contributed by atoms with van der Waals surface area (Å²) in [7, 11) is 0. The Bertz CT molecular complexity index is 635. The first-order valence-corrected chi connectivity index (χ1v) is 7.62. The number of nitrogens with zero attached hydrogens (tertiary/aromatic N) is 3. The van der Waals surface area contributed by atoms with Crippen LogP contribution in [0.5, 0.6) is 0 Å². The van der Waals surface area contributed by atoms with Crippen LogP contribution >= 0.6 is 0 Å². The van der Waals surface area contributed by atoms with Gasteiger partial charge in [0.1, 0.15) is 6.54 Å². The minimum atomic E-state index is -4.56. The van der Waals surface area contributed by atoms with Crippen molar-refractivity contribution in [3.63, 3.8) is 0 Å². The standard InChI is InChI=1S/C15H20F3N3O3/c1-11(22)8-19-4-6-20(7-5-19)14(24)10-21-9-12(15(16,17)18)2-3-13(21)23/h2-3,9,11,22H,4-8,10H2,1H3. The first-order chi connectivity index (χ1) is 11.2. The SMILES string of the molecule is CC(O)CN1CCN(C(=O)Cn2cc(C(F)(F)F)ccc2=O)CC1. The fraction of sp³-hybridized carbons (Fsp3) is 0.600. The van der Waals surface area contributed by atoms with Gasteiger partial charge in [0.05, 0.1) is 11.7 Å². The molecule has 1 N–H and O–H groups in total. The quantitative estimate of drug-likeness (QED) is 0.856. The van der Waals surface area contributed by atoms with Gasteiger partial charge in [-0.2, -0.15) is 13.2 Å². The third-order valence-electron chi connectivity index (χ3n) is 3.86. The van der Waals surface area contributed by atoms with Gasteiger partial charge in [-0.25, -0.2) is 0 Å². The lowest BCUT2D eigenvalue weighted by molar-refractivity contribution is -0.139. The summed E-state index contributed by atoms with van der Waals surface area (Å²) in [6.07, 6.45) is -4.36. The predicted octanol–water partition coefficient (Wildman–Crippen LogP) is 0.392. The molecule has 1 fully saturated rings. The minimum absolute atomic E-state index is 0.395. The van der Waals surface area contributed by atoms with E-state index in [2.05, 4.69) is 0 Å². The van der Waals surface area contributed by atoms with E-state index in [1.165, 1.54) is 4.90 Å². The van der Waals surface area contributed by atoms with Gasteiger partial charge in [-0.15, -0.1) is 0 Å². The lowest BCUT2D eigenvalue weighted by atomic mass is 10.2. The zero-order chi connectivity index (χ0) is 17.9. The molecule has 0 saturated carbocycles. The molecule has 2 heterocycles. The fourth-order valence-corrected chi connectivity index (χ4v) is 2.62. The Labute approximate surface area is 137 Å². The Balaban J connectivity index is 1.99. The highest BCUT2D eigenvalue weighted by Crippen LogP contribution is 2.28. The Morgan fingerprint density at radius 1 is 1.25 bits per heavy atom. The third-order valence-corrected chi connectivity index (χ3v) is 3.86. The van der Waals surface area contributed by atoms with Crippen LogP contribution in [0.15, 0.2) is 23.1 Å². The normalized spacial score (nSPS) is 17.8. The summed E-state index contributed by atoms with van der Waals surface area (Å²) in [5, 5.41) is 9.34. The van der Waals surface area contributed by atoms with Gasteiger partial charge in [0, 0.05) is 45.0 Å². The molecule has 0 spiro atoms. The number of β-amino-alcohol motifs (C(OH)–C–C–N with tert-alkyl or cyclic N) is 1. The molecule has 1 aromatic rings. The van der Waals surface area contributed by atoms with Crippen molar-refractivity contribution in [1.82, 2.24) is 14.4 Å². The van der Waals surface area contributed by atoms with Crippen LogP contribution in [-0.4, -0.2) is 64.2 Å². The predicted molar refractivity (Wildman–Crippen MR) is 80.4 cm³/mol. The fourth-order valence-electron chi connectivity index (χ4n) is 2.62. The van der Waals surface area contributed by atoms with E-state index >= 15 is 0 Å². The van der Waals surface area contributed by atoms with Crippen LogP contribution in [0.25, 0.3) is 0 Å². The Morgan fingerprint density at radius 2 is 1.88 bits per heavy atom. The number of aromatic nitrogens is 1. The van der Waals surface area contributed by atoms with Crippen LogP contribution < -0.4 is 5.56 Å². The highest BCUT2D eigenvalue weighted by Gasteiger charge is 2.31. The van der Waals surface area contributed by atoms with Crippen molar-refractivity contribution in [2.75, 3.05) is 32.7 Å². The summed E-state index contributed by atoms with van der Waals surface area (Å²) < 4.78 is 38.9. The van der Waals surface area contributed by atoms with Gasteiger partial charge in [-0.1, -0.05) is 0 Å². The number of hydrogen-bond acceptors (Lipinski definition) is 4. The van der Waals surface area contributed by atoms with Crippen LogP contribution in [-0.2, 0) is 17.5 Å². The topological polar surface area (TPSA) is 65.8 Å². The summed E-state index contributed by atoms with van der Waals surface area (Å²) >= 11 is 0. The minimum Gasteiger partial charge on any atom is -0.392 e. The molecule has 24 heavy (non-hydrogen) atoms. The van der Waals surface area contributed by atoms with E-state index in [0.29, 0.717) is 45.0 Å². The van der Waals surface area contributed by atoms with Gasteiger partial charge in [0.2, 0.25) is 5.91 Å². The van der Waals surface area contributed by atoms with Gasteiger partial charge in [-0.3, -0.25) is 14.5 Å². The van der Waals surface area contributed by atoms with Crippen molar-refractivity contribution < 1.29 is 23.1 Å². The molecule has 134 valence electrons. The highest BCUT2D eigenvalue weighted by molar-refractivity contribution is 5.76. The van der Waals surface area contributed by atoms with E-state index in [0.717, 1.165) is 10.6 Å². The first kappa shape index (κ1) is 18.5. The highest BCUT2D eigenvalue weighted by atomic mass is 19.4. The second kappa shape index (κ2) is 7.35. The molecule has 1 aromatic heterocycles. The number of rotatable bonds is 4. The molecule has 1 aliphatic heterocycles. The molecule has 1 saturated heterocycles. The maximum atomic E-state index is 12.7. The number of amides is 1. The Hall–Kier alpha value is -1.87. The maximum absolute atomic E-state index is 12.7. The lowest BCUT2D eigenvalue weighted by Gasteiger charge is -2.35. The summed E-state index contributed by atoms with van der Waals surface area (Å²) in [5.41, 5.74) is -1.61. The van der Waals surface area contributed by atoms with Gasteiger partial charge in [-0.05, 0) is 13.0 Å². The smallest absolute Gasteiger partial charge is 0.392 e. The number of alkyl halides is 3. The number of halogens is 3. The molecule has 9 heteroatoms. The molecular formula is C15H20F3N3O3. The summed E-state index contributed by atoms with van der Waals surface area (Å²) in [5.74, 6) is -0.395. The first-order valence-electron chi connectivity index (χ1n) is 7.62. The molecule has 0 aliphatic carbocycles. The molecule has 0 aromatic carbocycles. The van der Waals surface area contributed by atoms with E-state index in [4.69, 9.17) is 0 Å². The number of carbonyl (C=O) groups is 1. The molecule has 1 unspecified atom stereocenters. The molecule has 1 aliphatic rings. The number of pyridine rings is 1. The number of carbonyl (C=O) groups excluding carboxylic acids is 1. The van der Waals surface area contributed by atoms with E-state index in [9.17, 15) is 27.9 Å². The van der Waals surface area contributed by atoms with Crippen molar-refractivity contribution in [3.8, 4) is 0 Å². The molecule has 1 amide bonds. The molecule has 0 radical (unpaired) electrons. The van der Waals surface area contributed by atoms with Gasteiger partial charge in [0.25, 0.3) is 5.56 Å². The van der Waals surface area contributed by atoms with Crippen molar-refractivity contribution in [1.29, 1.82) is 0 Å². The number of piperazine rings is 1. The monoisotopic (exact) mass is 347 g/mol. The molecule has 1 atom stereocenters. The average Bonchev–Trinajstić information content (AvgIpc) is 2.48. The van der Waals surface area contributed by atoms with E-state index in [-0.39, 0.29) is 0 Å². The summed E-state index contributed by atoms with van der Waals surface area (Å²) in [4.78, 5) is 27.4. The van der Waals surface area contributed by atoms with Crippen LogP contribution in [0.4, 0.5) is 13.2 Å². The van der Waals surface area contributed by atoms with Crippen LogP contribution in [0, 0.1) is 0 Å². The molecule has 0 bridgehead atoms. The number of aliphatic hydroxyl groups excluding tert-OH is 1. The summed E-state index contributed by atoms with van der Waals surface area (Å²) in [6.45, 7) is 3.76.